The highest BCUT2D eigenvalue weighted by Gasteiger charge is 2.21. The number of rotatable bonds is 1. The second-order valence-corrected chi connectivity index (χ2v) is 3.69. The molecule has 1 atom stereocenters. The van der Waals surface area contributed by atoms with Crippen LogP contribution in [0.5, 0.6) is 0 Å². The first-order valence-electron chi connectivity index (χ1n) is 4.97. The van der Waals surface area contributed by atoms with Crippen molar-refractivity contribution in [2.75, 3.05) is 6.54 Å². The van der Waals surface area contributed by atoms with Gasteiger partial charge in [-0.2, -0.15) is 0 Å². The molecule has 0 amide bonds. The fourth-order valence-corrected chi connectivity index (χ4v) is 2.17. The lowest BCUT2D eigenvalue weighted by Crippen LogP contribution is -2.29. The van der Waals surface area contributed by atoms with E-state index in [1.54, 1.807) is 0 Å². The second kappa shape index (κ2) is 3.03. The number of hydrogen-bond donors (Lipinski definition) is 3. The summed E-state index contributed by atoms with van der Waals surface area (Å²) in [6, 6.07) is 4.65. The molecule has 0 radical (unpaired) electrons. The van der Waals surface area contributed by atoms with Crippen molar-refractivity contribution in [3.63, 3.8) is 0 Å². The molecule has 2 aromatic heterocycles. The van der Waals surface area contributed by atoms with E-state index >= 15 is 0 Å². The van der Waals surface area contributed by atoms with Gasteiger partial charge in [0, 0.05) is 37.3 Å². The van der Waals surface area contributed by atoms with Crippen molar-refractivity contribution < 1.29 is 0 Å². The maximum absolute atomic E-state index is 3.52. The number of fused-ring (bicyclic) bond motifs is 1. The van der Waals surface area contributed by atoms with Crippen LogP contribution in [-0.4, -0.2) is 16.5 Å². The summed E-state index contributed by atoms with van der Waals surface area (Å²) in [6.45, 7) is 1.04. The summed E-state index contributed by atoms with van der Waals surface area (Å²) in [5.41, 5.74) is 4.07. The summed E-state index contributed by atoms with van der Waals surface area (Å²) in [5.74, 6) is 0. The average Bonchev–Trinajstić information content (AvgIpc) is 2.88. The molecule has 3 heterocycles. The smallest absolute Gasteiger partial charge is 0.0609 e. The Hall–Kier alpha value is -1.48. The van der Waals surface area contributed by atoms with Gasteiger partial charge in [0.05, 0.1) is 6.04 Å². The maximum Gasteiger partial charge on any atom is 0.0609 e. The zero-order chi connectivity index (χ0) is 9.38. The van der Waals surface area contributed by atoms with Gasteiger partial charge in [0.15, 0.2) is 0 Å². The van der Waals surface area contributed by atoms with Gasteiger partial charge in [-0.05, 0) is 23.3 Å². The number of H-pyrrole nitrogens is 2. The summed E-state index contributed by atoms with van der Waals surface area (Å²) < 4.78 is 0. The van der Waals surface area contributed by atoms with Gasteiger partial charge in [0.1, 0.15) is 0 Å². The highest BCUT2D eigenvalue weighted by atomic mass is 14.9. The van der Waals surface area contributed by atoms with E-state index in [9.17, 15) is 0 Å². The van der Waals surface area contributed by atoms with Gasteiger partial charge < -0.3 is 15.3 Å². The first-order valence-corrected chi connectivity index (χ1v) is 4.97. The molecule has 1 aliphatic rings. The summed E-state index contributed by atoms with van der Waals surface area (Å²) in [4.78, 5) is 6.40. The summed E-state index contributed by atoms with van der Waals surface area (Å²) in [7, 11) is 0. The number of nitrogens with one attached hydrogen (secondary N) is 3. The van der Waals surface area contributed by atoms with Gasteiger partial charge in [-0.25, -0.2) is 0 Å². The highest BCUT2D eigenvalue weighted by Crippen LogP contribution is 2.27. The normalized spacial score (nSPS) is 20.7. The molecule has 3 heteroatoms. The van der Waals surface area contributed by atoms with Crippen LogP contribution in [0.2, 0.25) is 0 Å². The minimum atomic E-state index is 0.358. The fourth-order valence-electron chi connectivity index (χ4n) is 2.17. The minimum absolute atomic E-state index is 0.358. The first-order chi connectivity index (χ1) is 6.95. The molecule has 0 saturated carbocycles. The van der Waals surface area contributed by atoms with E-state index in [1.165, 1.54) is 16.8 Å². The third-order valence-corrected chi connectivity index (χ3v) is 2.86. The Bertz CT molecular complexity index is 413. The molecular formula is C11H13N3. The molecule has 2 aromatic rings. The Morgan fingerprint density at radius 1 is 1.21 bits per heavy atom. The van der Waals surface area contributed by atoms with Gasteiger partial charge in [-0.1, -0.05) is 0 Å². The lowest BCUT2D eigenvalue weighted by atomic mass is 9.97. The molecule has 0 aromatic carbocycles. The summed E-state index contributed by atoms with van der Waals surface area (Å²) in [6.07, 6.45) is 7.15. The lowest BCUT2D eigenvalue weighted by molar-refractivity contribution is 0.565. The Morgan fingerprint density at radius 3 is 3.07 bits per heavy atom. The van der Waals surface area contributed by atoms with Crippen molar-refractivity contribution in [1.29, 1.82) is 0 Å². The predicted octanol–water partition coefficient (Wildman–Crippen LogP) is 1.58. The summed E-state index contributed by atoms with van der Waals surface area (Å²) in [5, 5.41) is 3.52. The molecule has 3 N–H and O–H groups in total. The molecular weight excluding hydrogens is 174 g/mol. The second-order valence-electron chi connectivity index (χ2n) is 3.69. The minimum Gasteiger partial charge on any atom is -0.367 e. The SMILES string of the molecule is c1cc(C2NCCc3[nH]ccc32)c[nH]1. The van der Waals surface area contributed by atoms with Crippen LogP contribution in [0.3, 0.4) is 0 Å². The van der Waals surface area contributed by atoms with Crippen LogP contribution in [0.25, 0.3) is 0 Å². The van der Waals surface area contributed by atoms with Crippen LogP contribution < -0.4 is 5.32 Å². The largest absolute Gasteiger partial charge is 0.367 e. The molecule has 0 bridgehead atoms. The quantitative estimate of drug-likeness (QED) is 0.623. The predicted molar refractivity (Wildman–Crippen MR) is 55.1 cm³/mol. The molecule has 3 rings (SSSR count). The number of hydrogen-bond acceptors (Lipinski definition) is 1. The molecule has 1 aliphatic heterocycles. The molecule has 0 spiro atoms. The monoisotopic (exact) mass is 187 g/mol. The first kappa shape index (κ1) is 7.88. The maximum atomic E-state index is 3.52. The van der Waals surface area contributed by atoms with E-state index in [-0.39, 0.29) is 0 Å². The van der Waals surface area contributed by atoms with Gasteiger partial charge >= 0.3 is 0 Å². The average molecular weight is 187 g/mol. The zero-order valence-corrected chi connectivity index (χ0v) is 7.88. The van der Waals surface area contributed by atoms with E-state index in [4.69, 9.17) is 0 Å². The topological polar surface area (TPSA) is 43.6 Å². The van der Waals surface area contributed by atoms with Crippen molar-refractivity contribution in [2.45, 2.75) is 12.5 Å². The van der Waals surface area contributed by atoms with Crippen LogP contribution in [0.1, 0.15) is 22.9 Å². The number of aromatic amines is 2. The van der Waals surface area contributed by atoms with Crippen molar-refractivity contribution in [3.8, 4) is 0 Å². The molecule has 3 nitrogen and oxygen atoms in total. The Balaban J connectivity index is 2.04. The third-order valence-electron chi connectivity index (χ3n) is 2.86. The molecule has 1 unspecified atom stereocenters. The van der Waals surface area contributed by atoms with Crippen LogP contribution in [0.15, 0.2) is 30.7 Å². The van der Waals surface area contributed by atoms with Crippen LogP contribution in [0, 0.1) is 0 Å². The van der Waals surface area contributed by atoms with Gasteiger partial charge in [0.25, 0.3) is 0 Å². The Morgan fingerprint density at radius 2 is 2.21 bits per heavy atom. The van der Waals surface area contributed by atoms with Crippen molar-refractivity contribution in [2.24, 2.45) is 0 Å². The van der Waals surface area contributed by atoms with E-state index in [0.29, 0.717) is 6.04 Å². The Kier molecular flexibility index (Phi) is 1.70. The van der Waals surface area contributed by atoms with Crippen LogP contribution in [-0.2, 0) is 6.42 Å². The lowest BCUT2D eigenvalue weighted by Gasteiger charge is -2.23. The van der Waals surface area contributed by atoms with Crippen molar-refractivity contribution in [3.05, 3.63) is 47.5 Å². The van der Waals surface area contributed by atoms with Gasteiger partial charge in [-0.3, -0.25) is 0 Å². The molecule has 0 fully saturated rings. The molecule has 72 valence electrons. The zero-order valence-electron chi connectivity index (χ0n) is 7.88. The number of aromatic nitrogens is 2. The van der Waals surface area contributed by atoms with Crippen molar-refractivity contribution >= 4 is 0 Å². The molecule has 14 heavy (non-hydrogen) atoms. The standard InChI is InChI=1S/C11H13N3/c1-4-12-7-8(1)11-9-2-5-13-10(9)3-6-14-11/h1-2,4-5,7,11-14H,3,6H2. The van der Waals surface area contributed by atoms with Crippen molar-refractivity contribution in [1.82, 2.24) is 15.3 Å². The van der Waals surface area contributed by atoms with E-state index in [2.05, 4.69) is 33.6 Å². The van der Waals surface area contributed by atoms with Crippen LogP contribution in [0.4, 0.5) is 0 Å². The third kappa shape index (κ3) is 1.09. The molecule has 0 saturated heterocycles. The van der Waals surface area contributed by atoms with Gasteiger partial charge in [0.2, 0.25) is 0 Å². The van der Waals surface area contributed by atoms with Crippen LogP contribution >= 0.6 is 0 Å². The Labute approximate surface area is 82.5 Å². The molecule has 0 aliphatic carbocycles. The fraction of sp³-hybridized carbons (Fsp3) is 0.273. The highest BCUT2D eigenvalue weighted by molar-refractivity contribution is 5.35. The van der Waals surface area contributed by atoms with Gasteiger partial charge in [-0.15, -0.1) is 0 Å². The van der Waals surface area contributed by atoms with E-state index in [0.717, 1.165) is 13.0 Å². The summed E-state index contributed by atoms with van der Waals surface area (Å²) >= 11 is 0. The van der Waals surface area contributed by atoms with E-state index in [1.807, 2.05) is 12.4 Å². The van der Waals surface area contributed by atoms with E-state index < -0.39 is 0 Å².